The van der Waals surface area contributed by atoms with Crippen LogP contribution in [0, 0.1) is 5.92 Å². The third-order valence-corrected chi connectivity index (χ3v) is 3.20. The van der Waals surface area contributed by atoms with Crippen LogP contribution in [0.2, 0.25) is 0 Å². The van der Waals surface area contributed by atoms with Gasteiger partial charge in [-0.1, -0.05) is 12.2 Å². The van der Waals surface area contributed by atoms with Gasteiger partial charge in [-0.05, 0) is 32.2 Å². The van der Waals surface area contributed by atoms with Crippen LogP contribution in [-0.4, -0.2) is 32.6 Å². The lowest BCUT2D eigenvalue weighted by Crippen LogP contribution is -2.27. The smallest absolute Gasteiger partial charge is 0.135 e. The predicted molar refractivity (Wildman–Crippen MR) is 55.0 cm³/mol. The number of hydrogen-bond acceptors (Lipinski definition) is 3. The van der Waals surface area contributed by atoms with Crippen LogP contribution in [0.3, 0.4) is 0 Å². The first-order chi connectivity index (χ1) is 6.85. The molecule has 0 spiro atoms. The summed E-state index contributed by atoms with van der Waals surface area (Å²) in [6.45, 7) is 0. The Bertz CT molecular complexity index is 217. The largest absolute Gasteiger partial charge is 0.381 e. The van der Waals surface area contributed by atoms with E-state index in [4.69, 9.17) is 9.47 Å². The van der Waals surface area contributed by atoms with Gasteiger partial charge in [-0.3, -0.25) is 5.32 Å². The van der Waals surface area contributed by atoms with E-state index in [9.17, 15) is 0 Å². The highest BCUT2D eigenvalue weighted by Crippen LogP contribution is 2.33. The van der Waals surface area contributed by atoms with Crippen molar-refractivity contribution in [3.63, 3.8) is 0 Å². The van der Waals surface area contributed by atoms with Gasteiger partial charge in [-0.2, -0.15) is 0 Å². The van der Waals surface area contributed by atoms with Gasteiger partial charge in [0.2, 0.25) is 0 Å². The fraction of sp³-hybridized carbons (Fsp3) is 0.818. The minimum atomic E-state index is 0.290. The molecule has 1 aliphatic heterocycles. The highest BCUT2D eigenvalue weighted by Gasteiger charge is 2.40. The van der Waals surface area contributed by atoms with E-state index in [0.717, 1.165) is 19.3 Å². The molecule has 0 saturated carbocycles. The molecule has 3 heteroatoms. The summed E-state index contributed by atoms with van der Waals surface area (Å²) in [6, 6.07) is 0. The molecule has 4 atom stereocenters. The summed E-state index contributed by atoms with van der Waals surface area (Å²) in [6.07, 6.45) is 8.88. The first kappa shape index (κ1) is 10.1. The Hall–Kier alpha value is -0.380. The molecule has 2 rings (SSSR count). The van der Waals surface area contributed by atoms with E-state index < -0.39 is 0 Å². The molecule has 1 saturated heterocycles. The number of rotatable bonds is 4. The lowest BCUT2D eigenvalue weighted by molar-refractivity contribution is 0.0445. The minimum absolute atomic E-state index is 0.290. The van der Waals surface area contributed by atoms with Crippen LogP contribution in [-0.2, 0) is 9.47 Å². The summed E-state index contributed by atoms with van der Waals surface area (Å²) < 4.78 is 10.9. The van der Waals surface area contributed by atoms with Crippen molar-refractivity contribution in [3.8, 4) is 0 Å². The van der Waals surface area contributed by atoms with Crippen molar-refractivity contribution in [1.82, 2.24) is 5.32 Å². The molecule has 4 unspecified atom stereocenters. The molecule has 1 aliphatic carbocycles. The summed E-state index contributed by atoms with van der Waals surface area (Å²) in [4.78, 5) is 0. The summed E-state index contributed by atoms with van der Waals surface area (Å²) in [5, 5.41) is 3.13. The van der Waals surface area contributed by atoms with Crippen molar-refractivity contribution in [1.29, 1.82) is 0 Å². The highest BCUT2D eigenvalue weighted by molar-refractivity contribution is 4.98. The van der Waals surface area contributed by atoms with Gasteiger partial charge >= 0.3 is 0 Å². The number of hydrogen-bond donors (Lipinski definition) is 1. The van der Waals surface area contributed by atoms with Crippen molar-refractivity contribution in [2.24, 2.45) is 5.92 Å². The maximum atomic E-state index is 5.47. The van der Waals surface area contributed by atoms with Crippen LogP contribution < -0.4 is 5.32 Å². The highest BCUT2D eigenvalue weighted by atomic mass is 16.6. The van der Waals surface area contributed by atoms with Crippen LogP contribution in [0.15, 0.2) is 12.2 Å². The quantitative estimate of drug-likeness (QED) is 0.545. The second-order valence-corrected chi connectivity index (χ2v) is 4.10. The number of allylic oxidation sites excluding steroid dienone is 1. The van der Waals surface area contributed by atoms with E-state index in [1.54, 1.807) is 7.11 Å². The second kappa shape index (κ2) is 4.43. The fourth-order valence-corrected chi connectivity index (χ4v) is 2.26. The average molecular weight is 197 g/mol. The molecule has 0 aromatic carbocycles. The molecule has 0 aromatic rings. The Morgan fingerprint density at radius 1 is 1.43 bits per heavy atom. The molecule has 80 valence electrons. The van der Waals surface area contributed by atoms with Gasteiger partial charge in [-0.15, -0.1) is 0 Å². The van der Waals surface area contributed by atoms with Gasteiger partial charge in [0.05, 0.1) is 12.2 Å². The first-order valence-corrected chi connectivity index (χ1v) is 5.35. The van der Waals surface area contributed by atoms with Crippen LogP contribution in [0.25, 0.3) is 0 Å². The zero-order valence-corrected chi connectivity index (χ0v) is 8.90. The summed E-state index contributed by atoms with van der Waals surface area (Å²) >= 11 is 0. The average Bonchev–Trinajstić information content (AvgIpc) is 2.97. The van der Waals surface area contributed by atoms with E-state index in [0.29, 0.717) is 24.4 Å². The molecule has 0 aromatic heterocycles. The van der Waals surface area contributed by atoms with Gasteiger partial charge in [0, 0.05) is 7.11 Å². The SMILES string of the molecule is CNC1OC1CC1CC=CCC1OC. The normalized spacial score (nSPS) is 41.3. The number of ether oxygens (including phenoxy) is 2. The van der Waals surface area contributed by atoms with Gasteiger partial charge in [-0.25, -0.2) is 0 Å². The van der Waals surface area contributed by atoms with Crippen molar-refractivity contribution in [2.75, 3.05) is 14.2 Å². The maximum Gasteiger partial charge on any atom is 0.135 e. The van der Waals surface area contributed by atoms with Crippen LogP contribution >= 0.6 is 0 Å². The van der Waals surface area contributed by atoms with E-state index in [1.165, 1.54) is 0 Å². The Morgan fingerprint density at radius 2 is 2.21 bits per heavy atom. The van der Waals surface area contributed by atoms with Gasteiger partial charge in [0.1, 0.15) is 6.23 Å². The van der Waals surface area contributed by atoms with E-state index in [2.05, 4.69) is 17.5 Å². The lowest BCUT2D eigenvalue weighted by Gasteiger charge is -2.26. The van der Waals surface area contributed by atoms with Crippen LogP contribution in [0.1, 0.15) is 19.3 Å². The van der Waals surface area contributed by atoms with Gasteiger partial charge in [0.25, 0.3) is 0 Å². The van der Waals surface area contributed by atoms with Gasteiger partial charge < -0.3 is 9.47 Å². The number of methoxy groups -OCH3 is 1. The summed E-state index contributed by atoms with van der Waals surface area (Å²) in [5.41, 5.74) is 0. The van der Waals surface area contributed by atoms with Crippen molar-refractivity contribution in [3.05, 3.63) is 12.2 Å². The Balaban J connectivity index is 1.81. The first-order valence-electron chi connectivity index (χ1n) is 5.35. The molecule has 1 heterocycles. The van der Waals surface area contributed by atoms with E-state index >= 15 is 0 Å². The van der Waals surface area contributed by atoms with Crippen molar-refractivity contribution >= 4 is 0 Å². The summed E-state index contributed by atoms with van der Waals surface area (Å²) in [5.74, 6) is 0.633. The third-order valence-electron chi connectivity index (χ3n) is 3.20. The van der Waals surface area contributed by atoms with Crippen molar-refractivity contribution < 1.29 is 9.47 Å². The fourth-order valence-electron chi connectivity index (χ4n) is 2.26. The lowest BCUT2D eigenvalue weighted by atomic mass is 9.87. The number of nitrogens with one attached hydrogen (secondary N) is 1. The summed E-state index contributed by atoms with van der Waals surface area (Å²) in [7, 11) is 3.75. The van der Waals surface area contributed by atoms with Crippen LogP contribution in [0.5, 0.6) is 0 Å². The Morgan fingerprint density at radius 3 is 2.86 bits per heavy atom. The molecule has 14 heavy (non-hydrogen) atoms. The maximum absolute atomic E-state index is 5.47. The third kappa shape index (κ3) is 2.16. The number of likely N-dealkylation sites (N-methyl/N-ethyl adjacent to an activating group) is 1. The molecule has 0 amide bonds. The molecule has 3 nitrogen and oxygen atoms in total. The Labute approximate surface area is 85.5 Å². The topological polar surface area (TPSA) is 33.8 Å². The molecule has 0 bridgehead atoms. The monoisotopic (exact) mass is 197 g/mol. The zero-order chi connectivity index (χ0) is 9.97. The Kier molecular flexibility index (Phi) is 3.21. The molecule has 0 radical (unpaired) electrons. The zero-order valence-electron chi connectivity index (χ0n) is 8.90. The van der Waals surface area contributed by atoms with E-state index in [-0.39, 0.29) is 0 Å². The molecular weight excluding hydrogens is 178 g/mol. The molecule has 1 N–H and O–H groups in total. The standard InChI is InChI=1S/C11H19NO2/c1-12-11-10(14-11)7-8-5-3-4-6-9(8)13-2/h3-4,8-12H,5-7H2,1-2H3. The number of epoxide rings is 1. The van der Waals surface area contributed by atoms with Crippen molar-refractivity contribution in [2.45, 2.75) is 37.7 Å². The minimum Gasteiger partial charge on any atom is -0.381 e. The second-order valence-electron chi connectivity index (χ2n) is 4.10. The molecule has 2 aliphatic rings. The van der Waals surface area contributed by atoms with E-state index in [1.807, 2.05) is 7.05 Å². The predicted octanol–water partition coefficient (Wildman–Crippen LogP) is 1.30. The van der Waals surface area contributed by atoms with Crippen LogP contribution in [0.4, 0.5) is 0 Å². The molecular formula is C11H19NO2. The molecule has 1 fully saturated rings. The van der Waals surface area contributed by atoms with Gasteiger partial charge in [0.15, 0.2) is 0 Å².